The van der Waals surface area contributed by atoms with Gasteiger partial charge in [0.05, 0.1) is 19.2 Å². The van der Waals surface area contributed by atoms with Crippen LogP contribution in [-0.4, -0.2) is 22.9 Å². The van der Waals surface area contributed by atoms with Crippen LogP contribution in [0.5, 0.6) is 0 Å². The lowest BCUT2D eigenvalue weighted by Crippen LogP contribution is -2.03. The third-order valence-electron chi connectivity index (χ3n) is 4.27. The average Bonchev–Trinajstić information content (AvgIpc) is 3.27. The van der Waals surface area contributed by atoms with Gasteiger partial charge < -0.3 is 9.15 Å². The normalized spacial score (nSPS) is 11.0. The third kappa shape index (κ3) is 3.11. The second-order valence-corrected chi connectivity index (χ2v) is 6.03. The highest BCUT2D eigenvalue weighted by Crippen LogP contribution is 2.30. The molecule has 0 saturated carbocycles. The van der Waals surface area contributed by atoms with Gasteiger partial charge in [-0.25, -0.2) is 0 Å². The van der Waals surface area contributed by atoms with Crippen molar-refractivity contribution in [3.63, 3.8) is 0 Å². The molecule has 0 saturated heterocycles. The molecular weight excluding hydrogens is 328 g/mol. The Morgan fingerprint density at radius 2 is 1.81 bits per heavy atom. The van der Waals surface area contributed by atoms with Crippen LogP contribution < -0.4 is 0 Å². The number of methoxy groups -OCH3 is 1. The van der Waals surface area contributed by atoms with E-state index in [0.29, 0.717) is 18.1 Å². The van der Waals surface area contributed by atoms with Crippen molar-refractivity contribution < 1.29 is 13.9 Å². The third-order valence-corrected chi connectivity index (χ3v) is 4.27. The standard InChI is InChI=1S/C21H18N2O3/c1-25-20(24)13-16-11-12-19(26-16)21-17-9-5-6-10-18(17)23(22-21)14-15-7-3-2-4-8-15/h2-12H,13-14H2,1H3. The number of aromatic nitrogens is 2. The molecule has 0 spiro atoms. The molecule has 2 heterocycles. The minimum atomic E-state index is -0.328. The minimum Gasteiger partial charge on any atom is -0.469 e. The molecule has 0 amide bonds. The van der Waals surface area contributed by atoms with E-state index in [-0.39, 0.29) is 12.4 Å². The molecule has 0 aliphatic rings. The first-order valence-electron chi connectivity index (χ1n) is 8.40. The van der Waals surface area contributed by atoms with Gasteiger partial charge in [-0.1, -0.05) is 48.5 Å². The largest absolute Gasteiger partial charge is 0.469 e. The van der Waals surface area contributed by atoms with Gasteiger partial charge in [-0.3, -0.25) is 9.48 Å². The molecule has 0 fully saturated rings. The van der Waals surface area contributed by atoms with Crippen LogP contribution in [0.25, 0.3) is 22.4 Å². The molecule has 130 valence electrons. The molecule has 0 radical (unpaired) electrons. The maximum Gasteiger partial charge on any atom is 0.313 e. The molecular formula is C21H18N2O3. The Balaban J connectivity index is 1.73. The van der Waals surface area contributed by atoms with E-state index in [1.807, 2.05) is 53.2 Å². The van der Waals surface area contributed by atoms with Crippen LogP contribution in [0.2, 0.25) is 0 Å². The van der Waals surface area contributed by atoms with Crippen molar-refractivity contribution in [2.24, 2.45) is 0 Å². The van der Waals surface area contributed by atoms with E-state index in [2.05, 4.69) is 12.1 Å². The molecule has 0 bridgehead atoms. The average molecular weight is 346 g/mol. The second-order valence-electron chi connectivity index (χ2n) is 6.03. The van der Waals surface area contributed by atoms with E-state index >= 15 is 0 Å². The van der Waals surface area contributed by atoms with Crippen molar-refractivity contribution >= 4 is 16.9 Å². The van der Waals surface area contributed by atoms with Crippen molar-refractivity contribution in [2.45, 2.75) is 13.0 Å². The first-order valence-corrected chi connectivity index (χ1v) is 8.40. The van der Waals surface area contributed by atoms with Gasteiger partial charge in [0.25, 0.3) is 0 Å². The number of para-hydroxylation sites is 1. The zero-order valence-corrected chi connectivity index (χ0v) is 14.4. The molecule has 0 aliphatic heterocycles. The van der Waals surface area contributed by atoms with E-state index in [1.165, 1.54) is 12.7 Å². The molecule has 4 rings (SSSR count). The lowest BCUT2D eigenvalue weighted by molar-refractivity contribution is -0.140. The summed E-state index contributed by atoms with van der Waals surface area (Å²) in [4.78, 5) is 11.4. The zero-order valence-electron chi connectivity index (χ0n) is 14.4. The van der Waals surface area contributed by atoms with Crippen LogP contribution in [0.3, 0.4) is 0 Å². The van der Waals surface area contributed by atoms with Crippen molar-refractivity contribution in [1.82, 2.24) is 9.78 Å². The number of fused-ring (bicyclic) bond motifs is 1. The molecule has 0 aliphatic carbocycles. The van der Waals surface area contributed by atoms with Crippen molar-refractivity contribution in [1.29, 1.82) is 0 Å². The molecule has 2 aromatic carbocycles. The number of rotatable bonds is 5. The van der Waals surface area contributed by atoms with Gasteiger partial charge in [0, 0.05) is 5.39 Å². The Morgan fingerprint density at radius 1 is 1.04 bits per heavy atom. The summed E-state index contributed by atoms with van der Waals surface area (Å²) in [5.74, 6) is 0.880. The lowest BCUT2D eigenvalue weighted by atomic mass is 10.2. The monoisotopic (exact) mass is 346 g/mol. The Kier molecular flexibility index (Phi) is 4.27. The van der Waals surface area contributed by atoms with Gasteiger partial charge in [0.1, 0.15) is 17.9 Å². The van der Waals surface area contributed by atoms with Crippen LogP contribution in [-0.2, 0) is 22.5 Å². The molecule has 2 aromatic heterocycles. The van der Waals surface area contributed by atoms with Crippen LogP contribution in [0, 0.1) is 0 Å². The van der Waals surface area contributed by atoms with Crippen molar-refractivity contribution in [3.05, 3.63) is 78.1 Å². The fourth-order valence-electron chi connectivity index (χ4n) is 3.00. The van der Waals surface area contributed by atoms with E-state index in [1.54, 1.807) is 6.07 Å². The number of ether oxygens (including phenoxy) is 1. The Labute approximate surface area is 150 Å². The van der Waals surface area contributed by atoms with Crippen LogP contribution in [0.1, 0.15) is 11.3 Å². The summed E-state index contributed by atoms with van der Waals surface area (Å²) in [6.45, 7) is 0.678. The summed E-state index contributed by atoms with van der Waals surface area (Å²) >= 11 is 0. The SMILES string of the molecule is COC(=O)Cc1ccc(-c2nn(Cc3ccccc3)c3ccccc23)o1. The highest BCUT2D eigenvalue weighted by molar-refractivity contribution is 5.92. The number of furan rings is 1. The number of hydrogen-bond acceptors (Lipinski definition) is 4. The van der Waals surface area contributed by atoms with Crippen molar-refractivity contribution in [2.75, 3.05) is 7.11 Å². The Morgan fingerprint density at radius 3 is 2.62 bits per heavy atom. The van der Waals surface area contributed by atoms with Crippen LogP contribution in [0.4, 0.5) is 0 Å². The van der Waals surface area contributed by atoms with E-state index in [4.69, 9.17) is 14.3 Å². The fourth-order valence-corrected chi connectivity index (χ4v) is 3.00. The summed E-state index contributed by atoms with van der Waals surface area (Å²) in [6.07, 6.45) is 0.110. The Hall–Kier alpha value is -3.34. The summed E-state index contributed by atoms with van der Waals surface area (Å²) in [5, 5.41) is 5.79. The van der Waals surface area contributed by atoms with Crippen LogP contribution in [0.15, 0.2) is 71.1 Å². The molecule has 5 nitrogen and oxygen atoms in total. The number of nitrogens with zero attached hydrogens (tertiary/aromatic N) is 2. The Bertz CT molecular complexity index is 1050. The first-order chi connectivity index (χ1) is 12.7. The van der Waals surface area contributed by atoms with Gasteiger partial charge in [0.15, 0.2) is 5.76 Å². The van der Waals surface area contributed by atoms with Gasteiger partial charge in [-0.2, -0.15) is 5.10 Å². The lowest BCUT2D eigenvalue weighted by Gasteiger charge is -2.03. The fraction of sp³-hybridized carbons (Fsp3) is 0.143. The highest BCUT2D eigenvalue weighted by Gasteiger charge is 2.16. The molecule has 0 atom stereocenters. The molecule has 0 N–H and O–H groups in total. The summed E-state index contributed by atoms with van der Waals surface area (Å²) < 4.78 is 12.5. The predicted molar refractivity (Wildman–Crippen MR) is 98.7 cm³/mol. The summed E-state index contributed by atoms with van der Waals surface area (Å²) in [5.41, 5.74) is 2.99. The molecule has 4 aromatic rings. The summed E-state index contributed by atoms with van der Waals surface area (Å²) in [7, 11) is 1.37. The predicted octanol–water partition coefficient (Wildman–Crippen LogP) is 4.06. The molecule has 26 heavy (non-hydrogen) atoms. The maximum absolute atomic E-state index is 11.4. The van der Waals surface area contributed by atoms with E-state index < -0.39 is 0 Å². The summed E-state index contributed by atoms with van der Waals surface area (Å²) in [6, 6.07) is 21.9. The number of hydrogen-bond donors (Lipinski definition) is 0. The quantitative estimate of drug-likeness (QED) is 0.511. The number of carbonyl (C=O) groups is 1. The zero-order chi connectivity index (χ0) is 17.9. The first kappa shape index (κ1) is 16.1. The molecule has 5 heteroatoms. The maximum atomic E-state index is 11.4. The van der Waals surface area contributed by atoms with Gasteiger partial charge >= 0.3 is 5.97 Å². The highest BCUT2D eigenvalue weighted by atomic mass is 16.5. The smallest absolute Gasteiger partial charge is 0.313 e. The van der Waals surface area contributed by atoms with Gasteiger partial charge in [0.2, 0.25) is 0 Å². The van der Waals surface area contributed by atoms with Gasteiger partial charge in [-0.05, 0) is 23.8 Å². The number of esters is 1. The number of carbonyl (C=O) groups excluding carboxylic acids is 1. The van der Waals surface area contributed by atoms with E-state index in [0.717, 1.165) is 16.6 Å². The second kappa shape index (κ2) is 6.88. The topological polar surface area (TPSA) is 57.3 Å². The van der Waals surface area contributed by atoms with Gasteiger partial charge in [-0.15, -0.1) is 0 Å². The molecule has 0 unspecified atom stereocenters. The van der Waals surface area contributed by atoms with Crippen molar-refractivity contribution in [3.8, 4) is 11.5 Å². The van der Waals surface area contributed by atoms with Crippen LogP contribution >= 0.6 is 0 Å². The van der Waals surface area contributed by atoms with E-state index in [9.17, 15) is 4.79 Å². The number of benzene rings is 2. The minimum absolute atomic E-state index is 0.110.